The summed E-state index contributed by atoms with van der Waals surface area (Å²) in [5.41, 5.74) is 2.43. The summed E-state index contributed by atoms with van der Waals surface area (Å²) in [5.74, 6) is 0.849. The van der Waals surface area contributed by atoms with Gasteiger partial charge >= 0.3 is 0 Å². The van der Waals surface area contributed by atoms with Crippen LogP contribution in [0.2, 0.25) is 0 Å². The van der Waals surface area contributed by atoms with Crippen LogP contribution in [0, 0.1) is 0 Å². The van der Waals surface area contributed by atoms with E-state index in [9.17, 15) is 0 Å². The van der Waals surface area contributed by atoms with E-state index in [0.717, 1.165) is 27.5 Å². The molecule has 114 valence electrons. The van der Waals surface area contributed by atoms with E-state index >= 15 is 0 Å². The minimum atomic E-state index is 0.0874. The Morgan fingerprint density at radius 2 is 2.10 bits per heavy atom. The highest BCUT2D eigenvalue weighted by Gasteiger charge is 2.17. The van der Waals surface area contributed by atoms with E-state index in [-0.39, 0.29) is 5.41 Å². The van der Waals surface area contributed by atoms with Gasteiger partial charge in [0, 0.05) is 17.3 Å². The summed E-state index contributed by atoms with van der Waals surface area (Å²) >= 11 is 5.21. The van der Waals surface area contributed by atoms with Crippen molar-refractivity contribution < 1.29 is 4.74 Å². The van der Waals surface area contributed by atoms with Gasteiger partial charge in [-0.3, -0.25) is 0 Å². The molecule has 0 aliphatic heterocycles. The van der Waals surface area contributed by atoms with Gasteiger partial charge in [0.1, 0.15) is 17.4 Å². The van der Waals surface area contributed by atoms with Gasteiger partial charge in [-0.2, -0.15) is 0 Å². The van der Waals surface area contributed by atoms with Crippen LogP contribution < -0.4 is 10.1 Å². The lowest BCUT2D eigenvalue weighted by Crippen LogP contribution is -2.11. The minimum absolute atomic E-state index is 0.0874. The number of nitrogens with zero attached hydrogens (tertiary/aromatic N) is 1. The van der Waals surface area contributed by atoms with Gasteiger partial charge in [0.2, 0.25) is 0 Å². The maximum absolute atomic E-state index is 5.86. The van der Waals surface area contributed by atoms with Crippen molar-refractivity contribution in [2.24, 2.45) is 0 Å². The number of halogens is 1. The molecule has 0 aliphatic rings. The molecule has 1 heterocycles. The van der Waals surface area contributed by atoms with E-state index in [4.69, 9.17) is 4.74 Å². The lowest BCUT2D eigenvalue weighted by Gasteiger charge is -2.14. The first-order valence-electron chi connectivity index (χ1n) is 6.91. The average Bonchev–Trinajstić information content (AvgIpc) is 2.87. The molecule has 0 aliphatic carbocycles. The van der Waals surface area contributed by atoms with E-state index in [0.29, 0.717) is 6.61 Å². The summed E-state index contributed by atoms with van der Waals surface area (Å²) < 4.78 is 6.84. The largest absolute Gasteiger partial charge is 0.485 e. The van der Waals surface area contributed by atoms with Crippen molar-refractivity contribution in [3.63, 3.8) is 0 Å². The quantitative estimate of drug-likeness (QED) is 0.843. The summed E-state index contributed by atoms with van der Waals surface area (Å²) in [6.07, 6.45) is 0. The number of nitrogens with one attached hydrogen (secondary N) is 1. The van der Waals surface area contributed by atoms with Gasteiger partial charge in [-0.25, -0.2) is 4.98 Å². The van der Waals surface area contributed by atoms with Crippen molar-refractivity contribution >= 4 is 27.3 Å². The third-order valence-electron chi connectivity index (χ3n) is 3.05. The second-order valence-electron chi connectivity index (χ2n) is 5.96. The first kappa shape index (κ1) is 16.5. The van der Waals surface area contributed by atoms with Crippen molar-refractivity contribution in [3.8, 4) is 5.75 Å². The molecule has 0 amide bonds. The van der Waals surface area contributed by atoms with Crippen LogP contribution in [0.1, 0.15) is 37.0 Å². The molecule has 1 N–H and O–H groups in total. The molecule has 0 bridgehead atoms. The van der Waals surface area contributed by atoms with Crippen LogP contribution in [0.25, 0.3) is 0 Å². The Bertz CT molecular complexity index is 605. The van der Waals surface area contributed by atoms with Crippen molar-refractivity contribution in [2.75, 3.05) is 7.05 Å². The van der Waals surface area contributed by atoms with Crippen LogP contribution in [0.4, 0.5) is 0 Å². The van der Waals surface area contributed by atoms with Crippen LogP contribution in [0.5, 0.6) is 5.75 Å². The Labute approximate surface area is 138 Å². The van der Waals surface area contributed by atoms with Crippen LogP contribution in [-0.4, -0.2) is 12.0 Å². The average molecular weight is 369 g/mol. The van der Waals surface area contributed by atoms with Crippen molar-refractivity contribution in [1.29, 1.82) is 0 Å². The number of ether oxygens (including phenoxy) is 1. The molecule has 0 saturated carbocycles. The predicted molar refractivity (Wildman–Crippen MR) is 92.1 cm³/mol. The van der Waals surface area contributed by atoms with Gasteiger partial charge < -0.3 is 10.1 Å². The molecule has 0 spiro atoms. The Morgan fingerprint density at radius 3 is 2.67 bits per heavy atom. The van der Waals surface area contributed by atoms with E-state index in [1.807, 2.05) is 13.1 Å². The fourth-order valence-electron chi connectivity index (χ4n) is 1.84. The Hall–Kier alpha value is -0.910. The smallest absolute Gasteiger partial charge is 0.140 e. The maximum atomic E-state index is 5.86. The summed E-state index contributed by atoms with van der Waals surface area (Å²) in [5, 5.41) is 6.26. The van der Waals surface area contributed by atoms with Crippen LogP contribution in [0.3, 0.4) is 0 Å². The topological polar surface area (TPSA) is 34.1 Å². The number of hydrogen-bond acceptors (Lipinski definition) is 4. The van der Waals surface area contributed by atoms with E-state index in [1.165, 1.54) is 5.56 Å². The maximum Gasteiger partial charge on any atom is 0.140 e. The summed E-state index contributed by atoms with van der Waals surface area (Å²) in [4.78, 5) is 4.64. The van der Waals surface area contributed by atoms with E-state index in [2.05, 4.69) is 64.5 Å². The Balaban J connectivity index is 2.01. The Morgan fingerprint density at radius 1 is 1.33 bits per heavy atom. The van der Waals surface area contributed by atoms with Gasteiger partial charge in [0.15, 0.2) is 0 Å². The summed E-state index contributed by atoms with van der Waals surface area (Å²) in [6, 6.07) is 6.14. The molecule has 2 aromatic rings. The highest BCUT2D eigenvalue weighted by Crippen LogP contribution is 2.28. The third-order valence-corrected chi connectivity index (χ3v) is 4.49. The standard InChI is InChI=1S/C16H21BrN2OS/c1-16(2,3)14-10-21-15(19-14)9-20-13-6-5-11(8-18-4)7-12(13)17/h5-7,10,18H,8-9H2,1-4H3. The molecule has 5 heteroatoms. The zero-order valence-corrected chi connectivity index (χ0v) is 15.3. The van der Waals surface area contributed by atoms with Gasteiger partial charge in [-0.1, -0.05) is 26.8 Å². The number of thiazole rings is 1. The van der Waals surface area contributed by atoms with Crippen LogP contribution in [0.15, 0.2) is 28.1 Å². The van der Waals surface area contributed by atoms with Crippen molar-refractivity contribution in [3.05, 3.63) is 44.3 Å². The molecule has 1 aromatic heterocycles. The molecular formula is C16H21BrN2OS. The zero-order valence-electron chi connectivity index (χ0n) is 12.9. The van der Waals surface area contributed by atoms with E-state index < -0.39 is 0 Å². The fourth-order valence-corrected chi connectivity index (χ4v) is 3.31. The minimum Gasteiger partial charge on any atom is -0.485 e. The highest BCUT2D eigenvalue weighted by molar-refractivity contribution is 9.10. The summed E-state index contributed by atoms with van der Waals surface area (Å²) in [7, 11) is 1.94. The van der Waals surface area contributed by atoms with Gasteiger partial charge in [-0.15, -0.1) is 11.3 Å². The fraction of sp³-hybridized carbons (Fsp3) is 0.438. The van der Waals surface area contributed by atoms with Gasteiger partial charge in [-0.05, 0) is 40.7 Å². The molecule has 0 saturated heterocycles. The number of rotatable bonds is 5. The second kappa shape index (κ2) is 6.90. The molecule has 0 fully saturated rings. The predicted octanol–water partition coefficient (Wildman–Crippen LogP) is 4.50. The Kier molecular flexibility index (Phi) is 5.41. The van der Waals surface area contributed by atoms with Crippen LogP contribution >= 0.6 is 27.3 Å². The molecule has 21 heavy (non-hydrogen) atoms. The van der Waals surface area contributed by atoms with Crippen molar-refractivity contribution in [2.45, 2.75) is 39.3 Å². The second-order valence-corrected chi connectivity index (χ2v) is 7.76. The SMILES string of the molecule is CNCc1ccc(OCc2nc(C(C)(C)C)cs2)c(Br)c1. The number of aromatic nitrogens is 1. The van der Waals surface area contributed by atoms with E-state index in [1.54, 1.807) is 11.3 Å². The van der Waals surface area contributed by atoms with Crippen molar-refractivity contribution in [1.82, 2.24) is 10.3 Å². The zero-order chi connectivity index (χ0) is 15.5. The lowest BCUT2D eigenvalue weighted by atomic mass is 9.93. The third kappa shape index (κ3) is 4.53. The first-order valence-corrected chi connectivity index (χ1v) is 8.58. The highest BCUT2D eigenvalue weighted by atomic mass is 79.9. The van der Waals surface area contributed by atoms with Crippen LogP contribution in [-0.2, 0) is 18.6 Å². The molecule has 2 rings (SSSR count). The first-order chi connectivity index (χ1) is 9.90. The molecule has 3 nitrogen and oxygen atoms in total. The molecule has 0 radical (unpaired) electrons. The number of benzene rings is 1. The normalized spacial score (nSPS) is 11.7. The number of hydrogen-bond donors (Lipinski definition) is 1. The molecular weight excluding hydrogens is 348 g/mol. The lowest BCUT2D eigenvalue weighted by molar-refractivity contribution is 0.303. The molecule has 1 aromatic carbocycles. The van der Waals surface area contributed by atoms with Gasteiger partial charge in [0.05, 0.1) is 10.2 Å². The van der Waals surface area contributed by atoms with Gasteiger partial charge in [0.25, 0.3) is 0 Å². The monoisotopic (exact) mass is 368 g/mol. The summed E-state index contributed by atoms with van der Waals surface area (Å²) in [6.45, 7) is 7.86. The molecule has 0 atom stereocenters. The molecule has 0 unspecified atom stereocenters.